The zero-order valence-electron chi connectivity index (χ0n) is 15.0. The quantitative estimate of drug-likeness (QED) is 0.553. The molecule has 0 unspecified atom stereocenters. The Morgan fingerprint density at radius 3 is 2.81 bits per heavy atom. The maximum atomic E-state index is 12.4. The van der Waals surface area contributed by atoms with Gasteiger partial charge in [0, 0.05) is 18.8 Å². The second-order valence-electron chi connectivity index (χ2n) is 6.63. The highest BCUT2D eigenvalue weighted by Crippen LogP contribution is 2.29. The Hall–Kier alpha value is -2.57. The molecule has 4 rings (SSSR count). The van der Waals surface area contributed by atoms with Crippen LogP contribution < -0.4 is 5.56 Å². The molecule has 0 saturated carbocycles. The van der Waals surface area contributed by atoms with Crippen LogP contribution in [0.3, 0.4) is 0 Å². The molecule has 0 fully saturated rings. The largest absolute Gasteiger partial charge is 0.291 e. The summed E-state index contributed by atoms with van der Waals surface area (Å²) in [6.45, 7) is 4.69. The first-order chi connectivity index (χ1) is 12.5. The summed E-state index contributed by atoms with van der Waals surface area (Å²) >= 11 is 1.71. The van der Waals surface area contributed by atoms with Gasteiger partial charge in [-0.05, 0) is 44.7 Å². The molecule has 0 aliphatic carbocycles. The van der Waals surface area contributed by atoms with E-state index in [4.69, 9.17) is 4.98 Å². The number of hydrogen-bond acceptors (Lipinski definition) is 5. The van der Waals surface area contributed by atoms with Crippen molar-refractivity contribution in [3.05, 3.63) is 75.3 Å². The lowest BCUT2D eigenvalue weighted by molar-refractivity contribution is 0.250. The topological polar surface area (TPSA) is 50.5 Å². The van der Waals surface area contributed by atoms with Gasteiger partial charge in [0.1, 0.15) is 10.7 Å². The molecule has 0 bridgehead atoms. The van der Waals surface area contributed by atoms with Gasteiger partial charge in [-0.1, -0.05) is 18.2 Å². The predicted molar refractivity (Wildman–Crippen MR) is 106 cm³/mol. The Morgan fingerprint density at radius 1 is 1.19 bits per heavy atom. The van der Waals surface area contributed by atoms with Crippen LogP contribution in [0.25, 0.3) is 15.9 Å². The van der Waals surface area contributed by atoms with E-state index in [1.807, 2.05) is 50.5 Å². The van der Waals surface area contributed by atoms with Gasteiger partial charge >= 0.3 is 0 Å². The molecule has 0 amide bonds. The average molecular weight is 364 g/mol. The summed E-state index contributed by atoms with van der Waals surface area (Å²) in [6, 6.07) is 13.8. The highest BCUT2D eigenvalue weighted by Gasteiger charge is 2.17. The monoisotopic (exact) mass is 364 g/mol. The molecular formula is C20H20N4OS. The lowest BCUT2D eigenvalue weighted by Crippen LogP contribution is -2.24. The minimum absolute atomic E-state index is 0.0465. The molecule has 0 saturated heterocycles. The highest BCUT2D eigenvalue weighted by atomic mass is 32.1. The van der Waals surface area contributed by atoms with Crippen molar-refractivity contribution in [2.24, 2.45) is 0 Å². The van der Waals surface area contributed by atoms with Gasteiger partial charge in [-0.3, -0.25) is 14.1 Å². The number of rotatable bonds is 4. The fraction of sp³-hybridized carbons (Fsp3) is 0.250. The first kappa shape index (κ1) is 16.9. The molecule has 5 nitrogen and oxygen atoms in total. The number of aryl methyl sites for hydroxylation is 1. The van der Waals surface area contributed by atoms with E-state index < -0.39 is 0 Å². The van der Waals surface area contributed by atoms with Gasteiger partial charge in [0.15, 0.2) is 0 Å². The van der Waals surface area contributed by atoms with E-state index in [-0.39, 0.29) is 11.6 Å². The third kappa shape index (κ3) is 3.13. The summed E-state index contributed by atoms with van der Waals surface area (Å²) in [4.78, 5) is 23.9. The van der Waals surface area contributed by atoms with Crippen molar-refractivity contribution < 1.29 is 0 Å². The molecule has 0 N–H and O–H groups in total. The van der Waals surface area contributed by atoms with Gasteiger partial charge < -0.3 is 0 Å². The van der Waals surface area contributed by atoms with Crippen molar-refractivity contribution >= 4 is 27.2 Å². The first-order valence-electron chi connectivity index (χ1n) is 8.56. The molecule has 0 radical (unpaired) electrons. The van der Waals surface area contributed by atoms with Gasteiger partial charge in [0.05, 0.1) is 22.0 Å². The summed E-state index contributed by atoms with van der Waals surface area (Å²) < 4.78 is 2.79. The molecule has 6 heteroatoms. The van der Waals surface area contributed by atoms with Crippen LogP contribution in [0.5, 0.6) is 0 Å². The number of nitrogens with zero attached hydrogens (tertiary/aromatic N) is 4. The van der Waals surface area contributed by atoms with E-state index in [9.17, 15) is 4.79 Å². The van der Waals surface area contributed by atoms with Crippen molar-refractivity contribution in [2.45, 2.75) is 26.4 Å². The van der Waals surface area contributed by atoms with Crippen LogP contribution >= 0.6 is 11.3 Å². The van der Waals surface area contributed by atoms with Crippen molar-refractivity contribution in [1.82, 2.24) is 19.3 Å². The highest BCUT2D eigenvalue weighted by molar-refractivity contribution is 7.18. The molecule has 1 atom stereocenters. The minimum Gasteiger partial charge on any atom is -0.291 e. The fourth-order valence-corrected chi connectivity index (χ4v) is 4.07. The maximum Gasteiger partial charge on any atom is 0.258 e. The normalized spacial score (nSPS) is 12.9. The van der Waals surface area contributed by atoms with Crippen LogP contribution in [0.2, 0.25) is 0 Å². The zero-order chi connectivity index (χ0) is 18.3. The van der Waals surface area contributed by atoms with E-state index >= 15 is 0 Å². The van der Waals surface area contributed by atoms with Gasteiger partial charge in [0.2, 0.25) is 0 Å². The number of pyridine rings is 1. The lowest BCUT2D eigenvalue weighted by atomic mass is 10.2. The molecule has 4 aromatic rings. The molecule has 0 spiro atoms. The SMILES string of the molecule is Cc1ccc2nc(CN(C)[C@@H](C)c3nc4ccccc4s3)cc(=O)n2c1. The number of aromatic nitrogens is 3. The lowest BCUT2D eigenvalue weighted by Gasteiger charge is -2.22. The summed E-state index contributed by atoms with van der Waals surface area (Å²) in [6.07, 6.45) is 1.82. The molecule has 26 heavy (non-hydrogen) atoms. The third-order valence-corrected chi connectivity index (χ3v) is 5.81. The number of hydrogen-bond donors (Lipinski definition) is 0. The summed E-state index contributed by atoms with van der Waals surface area (Å²) in [5, 5.41) is 1.07. The summed E-state index contributed by atoms with van der Waals surface area (Å²) in [7, 11) is 2.04. The maximum absolute atomic E-state index is 12.4. The van der Waals surface area contributed by atoms with E-state index in [2.05, 4.69) is 22.9 Å². The second-order valence-corrected chi connectivity index (χ2v) is 7.69. The molecule has 132 valence electrons. The van der Waals surface area contributed by atoms with Crippen LogP contribution in [0, 0.1) is 6.92 Å². The smallest absolute Gasteiger partial charge is 0.258 e. The van der Waals surface area contributed by atoms with Gasteiger partial charge in [-0.25, -0.2) is 9.97 Å². The summed E-state index contributed by atoms with van der Waals surface area (Å²) in [5.41, 5.74) is 3.48. The van der Waals surface area contributed by atoms with Crippen molar-refractivity contribution in [1.29, 1.82) is 0 Å². The van der Waals surface area contributed by atoms with E-state index in [1.165, 1.54) is 4.70 Å². The molecule has 0 aliphatic heterocycles. The number of thiazole rings is 1. The Morgan fingerprint density at radius 2 is 2.00 bits per heavy atom. The van der Waals surface area contributed by atoms with Crippen molar-refractivity contribution in [2.75, 3.05) is 7.05 Å². The number of para-hydroxylation sites is 1. The Bertz CT molecular complexity index is 1110. The third-order valence-electron chi connectivity index (χ3n) is 4.60. The average Bonchev–Trinajstić information content (AvgIpc) is 3.06. The molecular weight excluding hydrogens is 344 g/mol. The van der Waals surface area contributed by atoms with Crippen LogP contribution in [0.1, 0.15) is 29.2 Å². The van der Waals surface area contributed by atoms with Crippen LogP contribution in [-0.2, 0) is 6.54 Å². The van der Waals surface area contributed by atoms with E-state index in [0.29, 0.717) is 12.2 Å². The van der Waals surface area contributed by atoms with Crippen LogP contribution in [0.4, 0.5) is 0 Å². The van der Waals surface area contributed by atoms with Crippen LogP contribution in [0.15, 0.2) is 53.5 Å². The first-order valence-corrected chi connectivity index (χ1v) is 9.37. The van der Waals surface area contributed by atoms with E-state index in [1.54, 1.807) is 21.8 Å². The Labute approximate surface area is 155 Å². The van der Waals surface area contributed by atoms with Crippen LogP contribution in [-0.4, -0.2) is 26.3 Å². The van der Waals surface area contributed by atoms with Crippen molar-refractivity contribution in [3.63, 3.8) is 0 Å². The minimum atomic E-state index is -0.0465. The van der Waals surface area contributed by atoms with Gasteiger partial charge in [-0.2, -0.15) is 0 Å². The fourth-order valence-electron chi connectivity index (χ4n) is 2.99. The van der Waals surface area contributed by atoms with Gasteiger partial charge in [-0.15, -0.1) is 11.3 Å². The Balaban J connectivity index is 1.60. The number of fused-ring (bicyclic) bond motifs is 2. The van der Waals surface area contributed by atoms with Gasteiger partial charge in [0.25, 0.3) is 5.56 Å². The standard InChI is InChI=1S/C20H20N4OS/c1-13-8-9-18-21-15(10-19(25)24(18)11-13)12-23(3)14(2)20-22-16-6-4-5-7-17(16)26-20/h4-11,14H,12H2,1-3H3/t14-/m0/s1. The molecule has 3 heterocycles. The summed E-state index contributed by atoms with van der Waals surface area (Å²) in [5.74, 6) is 0. The second kappa shape index (κ2) is 6.63. The molecule has 1 aromatic carbocycles. The van der Waals surface area contributed by atoms with Crippen molar-refractivity contribution in [3.8, 4) is 0 Å². The predicted octanol–water partition coefficient (Wildman–Crippen LogP) is 3.81. The molecule has 3 aromatic heterocycles. The zero-order valence-corrected chi connectivity index (χ0v) is 15.8. The number of benzene rings is 1. The molecule has 0 aliphatic rings. The Kier molecular flexibility index (Phi) is 4.30. The van der Waals surface area contributed by atoms with E-state index in [0.717, 1.165) is 21.8 Å².